The Morgan fingerprint density at radius 3 is 2.32 bits per heavy atom. The first-order valence-corrected chi connectivity index (χ1v) is 7.06. The molecule has 5 heteroatoms. The Morgan fingerprint density at radius 2 is 1.73 bits per heavy atom. The van der Waals surface area contributed by atoms with Gasteiger partial charge in [-0.05, 0) is 41.5 Å². The molecule has 0 atom stereocenters. The van der Waals surface area contributed by atoms with E-state index < -0.39 is 0 Å². The van der Waals surface area contributed by atoms with Crippen molar-refractivity contribution >= 4 is 29.3 Å². The van der Waals surface area contributed by atoms with Gasteiger partial charge in [-0.3, -0.25) is 0 Å². The van der Waals surface area contributed by atoms with Gasteiger partial charge in [-0.2, -0.15) is 10.5 Å². The van der Waals surface area contributed by atoms with Crippen molar-refractivity contribution in [1.29, 1.82) is 10.5 Å². The number of ether oxygens (including phenoxy) is 1. The Balaban J connectivity index is 2.10. The first kappa shape index (κ1) is 15.9. The number of hydrogen-bond donors (Lipinski definition) is 0. The third-order valence-corrected chi connectivity index (χ3v) is 3.36. The number of halogens is 2. The predicted molar refractivity (Wildman–Crippen MR) is 86.4 cm³/mol. The molecule has 0 N–H and O–H groups in total. The van der Waals surface area contributed by atoms with Crippen LogP contribution in [0.2, 0.25) is 10.0 Å². The van der Waals surface area contributed by atoms with Crippen LogP contribution < -0.4 is 4.74 Å². The molecule has 0 saturated carbocycles. The summed E-state index contributed by atoms with van der Waals surface area (Å²) in [6.07, 6.45) is 1.47. The zero-order valence-corrected chi connectivity index (χ0v) is 12.9. The standard InChI is InChI=1S/C17H10Cl2N2O/c18-15-4-1-12(2-5-15)11-22-17-6-3-13(8-16(17)19)7-14(9-20)10-21/h1-8H,11H2. The highest BCUT2D eigenvalue weighted by Gasteiger charge is 2.04. The van der Waals surface area contributed by atoms with E-state index in [2.05, 4.69) is 0 Å². The van der Waals surface area contributed by atoms with Gasteiger partial charge in [0.05, 0.1) is 5.02 Å². The van der Waals surface area contributed by atoms with Crippen LogP contribution >= 0.6 is 23.2 Å². The lowest BCUT2D eigenvalue weighted by Crippen LogP contribution is -1.95. The fourth-order valence-electron chi connectivity index (χ4n) is 1.72. The first-order chi connectivity index (χ1) is 10.6. The number of nitrogens with zero attached hydrogens (tertiary/aromatic N) is 2. The molecule has 2 aromatic carbocycles. The summed E-state index contributed by atoms with van der Waals surface area (Å²) in [5.41, 5.74) is 1.66. The quantitative estimate of drug-likeness (QED) is 0.742. The number of rotatable bonds is 4. The molecule has 2 rings (SSSR count). The minimum atomic E-state index is 0.0194. The van der Waals surface area contributed by atoms with Gasteiger partial charge in [-0.1, -0.05) is 41.4 Å². The molecule has 0 fully saturated rings. The van der Waals surface area contributed by atoms with E-state index >= 15 is 0 Å². The lowest BCUT2D eigenvalue weighted by molar-refractivity contribution is 0.306. The molecule has 0 spiro atoms. The number of benzene rings is 2. The summed E-state index contributed by atoms with van der Waals surface area (Å²) in [5, 5.41) is 18.6. The fourth-order valence-corrected chi connectivity index (χ4v) is 2.09. The summed E-state index contributed by atoms with van der Waals surface area (Å²) >= 11 is 12.0. The van der Waals surface area contributed by atoms with Crippen molar-refractivity contribution in [1.82, 2.24) is 0 Å². The Kier molecular flexibility index (Phi) is 5.44. The summed E-state index contributed by atoms with van der Waals surface area (Å²) in [7, 11) is 0. The largest absolute Gasteiger partial charge is 0.487 e. The van der Waals surface area contributed by atoms with Crippen molar-refractivity contribution < 1.29 is 4.74 Å². The van der Waals surface area contributed by atoms with E-state index in [1.807, 2.05) is 12.1 Å². The maximum absolute atomic E-state index is 8.73. The molecular formula is C17H10Cl2N2O. The average molecular weight is 329 g/mol. The van der Waals surface area contributed by atoms with Crippen molar-refractivity contribution in [3.05, 3.63) is 69.2 Å². The van der Waals surface area contributed by atoms with Crippen LogP contribution in [-0.2, 0) is 6.61 Å². The SMILES string of the molecule is N#CC(C#N)=Cc1ccc(OCc2ccc(Cl)cc2)c(Cl)c1. The second-order valence-corrected chi connectivity index (χ2v) is 5.23. The smallest absolute Gasteiger partial charge is 0.138 e. The van der Waals surface area contributed by atoms with Gasteiger partial charge >= 0.3 is 0 Å². The van der Waals surface area contributed by atoms with Crippen molar-refractivity contribution in [2.75, 3.05) is 0 Å². The van der Waals surface area contributed by atoms with Crippen molar-refractivity contribution in [3.63, 3.8) is 0 Å². The molecule has 22 heavy (non-hydrogen) atoms. The van der Waals surface area contributed by atoms with E-state index in [0.717, 1.165) is 5.56 Å². The average Bonchev–Trinajstić information content (AvgIpc) is 2.53. The van der Waals surface area contributed by atoms with Gasteiger partial charge in [0.1, 0.15) is 30.1 Å². The summed E-state index contributed by atoms with van der Waals surface area (Å²) in [4.78, 5) is 0. The van der Waals surface area contributed by atoms with Gasteiger partial charge in [0, 0.05) is 5.02 Å². The fraction of sp³-hybridized carbons (Fsp3) is 0.0588. The predicted octanol–water partition coefficient (Wildman–Crippen LogP) is 5.00. The van der Waals surface area contributed by atoms with Gasteiger partial charge in [-0.15, -0.1) is 0 Å². The van der Waals surface area contributed by atoms with Crippen LogP contribution in [0.15, 0.2) is 48.0 Å². The maximum Gasteiger partial charge on any atom is 0.138 e. The molecular weight excluding hydrogens is 319 g/mol. The van der Waals surface area contributed by atoms with Crippen LogP contribution in [0.25, 0.3) is 6.08 Å². The second kappa shape index (κ2) is 7.52. The van der Waals surface area contributed by atoms with Crippen molar-refractivity contribution in [2.45, 2.75) is 6.61 Å². The van der Waals surface area contributed by atoms with E-state index in [0.29, 0.717) is 28.0 Å². The Bertz CT molecular complexity index is 768. The van der Waals surface area contributed by atoms with Crippen LogP contribution in [0.4, 0.5) is 0 Å². The number of nitriles is 2. The van der Waals surface area contributed by atoms with E-state index in [1.165, 1.54) is 6.08 Å². The van der Waals surface area contributed by atoms with Crippen molar-refractivity contribution in [3.8, 4) is 17.9 Å². The highest BCUT2D eigenvalue weighted by Crippen LogP contribution is 2.27. The number of hydrogen-bond acceptors (Lipinski definition) is 3. The molecule has 0 heterocycles. The van der Waals surface area contributed by atoms with Gasteiger partial charge < -0.3 is 4.74 Å². The van der Waals surface area contributed by atoms with Crippen molar-refractivity contribution in [2.24, 2.45) is 0 Å². The molecule has 0 aliphatic heterocycles. The Hall–Kier alpha value is -2.46. The van der Waals surface area contributed by atoms with Crippen LogP contribution in [-0.4, -0.2) is 0 Å². The Labute approximate surface area is 138 Å². The van der Waals surface area contributed by atoms with E-state index in [4.69, 9.17) is 38.5 Å². The molecule has 0 saturated heterocycles. The van der Waals surface area contributed by atoms with Gasteiger partial charge in [0.25, 0.3) is 0 Å². The maximum atomic E-state index is 8.73. The zero-order chi connectivity index (χ0) is 15.9. The molecule has 0 aliphatic carbocycles. The molecule has 2 aromatic rings. The van der Waals surface area contributed by atoms with Gasteiger partial charge in [0.15, 0.2) is 0 Å². The van der Waals surface area contributed by atoms with Crippen LogP contribution in [0.1, 0.15) is 11.1 Å². The summed E-state index contributed by atoms with van der Waals surface area (Å²) < 4.78 is 5.65. The van der Waals surface area contributed by atoms with Crippen LogP contribution in [0.3, 0.4) is 0 Å². The molecule has 0 aliphatic rings. The molecule has 0 aromatic heterocycles. The topological polar surface area (TPSA) is 56.8 Å². The van der Waals surface area contributed by atoms with Crippen LogP contribution in [0.5, 0.6) is 5.75 Å². The van der Waals surface area contributed by atoms with Gasteiger partial charge in [0.2, 0.25) is 0 Å². The first-order valence-electron chi connectivity index (χ1n) is 6.31. The van der Waals surface area contributed by atoms with Crippen LogP contribution in [0, 0.1) is 22.7 Å². The molecule has 3 nitrogen and oxygen atoms in total. The second-order valence-electron chi connectivity index (χ2n) is 4.39. The lowest BCUT2D eigenvalue weighted by atomic mass is 10.1. The zero-order valence-electron chi connectivity index (χ0n) is 11.4. The third-order valence-electron chi connectivity index (χ3n) is 2.82. The molecule has 0 unspecified atom stereocenters. The van der Waals surface area contributed by atoms with E-state index in [-0.39, 0.29) is 5.57 Å². The summed E-state index contributed by atoms with van der Waals surface area (Å²) in [6, 6.07) is 16.0. The molecule has 0 radical (unpaired) electrons. The minimum Gasteiger partial charge on any atom is -0.487 e. The minimum absolute atomic E-state index is 0.0194. The Morgan fingerprint density at radius 1 is 1.05 bits per heavy atom. The van der Waals surface area contributed by atoms with Gasteiger partial charge in [-0.25, -0.2) is 0 Å². The monoisotopic (exact) mass is 328 g/mol. The van der Waals surface area contributed by atoms with E-state index in [9.17, 15) is 0 Å². The highest BCUT2D eigenvalue weighted by atomic mass is 35.5. The van der Waals surface area contributed by atoms with E-state index in [1.54, 1.807) is 42.5 Å². The number of allylic oxidation sites excluding steroid dienone is 1. The summed E-state index contributed by atoms with van der Waals surface area (Å²) in [5.74, 6) is 0.532. The highest BCUT2D eigenvalue weighted by molar-refractivity contribution is 6.32. The lowest BCUT2D eigenvalue weighted by Gasteiger charge is -2.09. The molecule has 0 bridgehead atoms. The third kappa shape index (κ3) is 4.27. The molecule has 0 amide bonds. The molecule has 108 valence electrons. The normalized spacial score (nSPS) is 9.45. The summed E-state index contributed by atoms with van der Waals surface area (Å²) in [6.45, 7) is 0.369.